The number of hydrogen-bond donors (Lipinski definition) is 2. The maximum atomic E-state index is 12.7. The van der Waals surface area contributed by atoms with E-state index in [4.69, 9.17) is 0 Å². The lowest BCUT2D eigenvalue weighted by atomic mass is 9.96. The second kappa shape index (κ2) is 5.57. The summed E-state index contributed by atoms with van der Waals surface area (Å²) in [5.41, 5.74) is 1.30. The molecule has 1 aromatic heterocycles. The molecule has 22 heavy (non-hydrogen) atoms. The van der Waals surface area contributed by atoms with E-state index in [0.717, 1.165) is 24.1 Å². The lowest BCUT2D eigenvalue weighted by Crippen LogP contribution is -2.48. The van der Waals surface area contributed by atoms with Crippen LogP contribution in [-0.2, 0) is 0 Å². The lowest BCUT2D eigenvalue weighted by molar-refractivity contribution is 0.000118. The smallest absolute Gasteiger partial charge is 0.272 e. The predicted molar refractivity (Wildman–Crippen MR) is 84.4 cm³/mol. The molecule has 5 heteroatoms. The van der Waals surface area contributed by atoms with Crippen LogP contribution in [0.4, 0.5) is 0 Å². The highest BCUT2D eigenvalue weighted by Gasteiger charge is 2.39. The van der Waals surface area contributed by atoms with Crippen LogP contribution >= 0.6 is 0 Å². The molecule has 1 amide bonds. The van der Waals surface area contributed by atoms with Crippen LogP contribution in [0.3, 0.4) is 0 Å². The third kappa shape index (κ3) is 2.76. The van der Waals surface area contributed by atoms with E-state index in [1.165, 1.54) is 0 Å². The van der Waals surface area contributed by atoms with Crippen molar-refractivity contribution in [3.8, 4) is 11.3 Å². The highest BCUT2D eigenvalue weighted by molar-refractivity contribution is 5.93. The van der Waals surface area contributed by atoms with Gasteiger partial charge in [-0.25, -0.2) is 0 Å². The molecule has 1 aromatic carbocycles. The molecule has 2 N–H and O–H groups in total. The van der Waals surface area contributed by atoms with Crippen LogP contribution in [0.15, 0.2) is 36.4 Å². The summed E-state index contributed by atoms with van der Waals surface area (Å²) in [5.74, 6) is -0.0979. The number of nitrogens with zero attached hydrogens (tertiary/aromatic N) is 2. The molecule has 1 unspecified atom stereocenters. The normalized spacial score (nSPS) is 18.7. The molecule has 2 aromatic rings. The van der Waals surface area contributed by atoms with E-state index in [2.05, 4.69) is 10.2 Å². The van der Waals surface area contributed by atoms with E-state index in [-0.39, 0.29) is 11.9 Å². The Balaban J connectivity index is 1.83. The Labute approximate surface area is 130 Å². The monoisotopic (exact) mass is 299 g/mol. The molecule has 1 fully saturated rings. The first kappa shape index (κ1) is 14.8. The first-order valence-corrected chi connectivity index (χ1v) is 7.61. The number of benzene rings is 1. The molecule has 1 aliphatic heterocycles. The van der Waals surface area contributed by atoms with Crippen molar-refractivity contribution in [2.24, 2.45) is 0 Å². The van der Waals surface area contributed by atoms with Gasteiger partial charge in [0.2, 0.25) is 0 Å². The highest BCUT2D eigenvalue weighted by atomic mass is 16.3. The maximum Gasteiger partial charge on any atom is 0.272 e. The molecule has 0 saturated carbocycles. The van der Waals surface area contributed by atoms with Gasteiger partial charge in [-0.3, -0.25) is 9.89 Å². The number of aromatic amines is 1. The summed E-state index contributed by atoms with van der Waals surface area (Å²) in [4.78, 5) is 14.4. The van der Waals surface area contributed by atoms with Gasteiger partial charge in [0.1, 0.15) is 5.69 Å². The van der Waals surface area contributed by atoms with Crippen molar-refractivity contribution >= 4 is 5.91 Å². The van der Waals surface area contributed by atoms with Gasteiger partial charge < -0.3 is 10.0 Å². The van der Waals surface area contributed by atoms with Crippen LogP contribution in [0.1, 0.15) is 37.2 Å². The first-order chi connectivity index (χ1) is 10.5. The van der Waals surface area contributed by atoms with Crippen LogP contribution < -0.4 is 0 Å². The van der Waals surface area contributed by atoms with Gasteiger partial charge in [-0.2, -0.15) is 5.10 Å². The van der Waals surface area contributed by atoms with Crippen molar-refractivity contribution in [2.75, 3.05) is 6.54 Å². The molecule has 3 rings (SSSR count). The number of nitrogens with one attached hydrogen (secondary N) is 1. The molecule has 1 saturated heterocycles. The molecule has 2 heterocycles. The van der Waals surface area contributed by atoms with Crippen molar-refractivity contribution in [1.82, 2.24) is 15.1 Å². The van der Waals surface area contributed by atoms with E-state index < -0.39 is 5.60 Å². The highest BCUT2D eigenvalue weighted by Crippen LogP contribution is 2.28. The number of amides is 1. The zero-order chi connectivity index (χ0) is 15.7. The molecule has 116 valence electrons. The quantitative estimate of drug-likeness (QED) is 0.914. The summed E-state index contributed by atoms with van der Waals surface area (Å²) < 4.78 is 0. The number of carbonyl (C=O) groups is 1. The first-order valence-electron chi connectivity index (χ1n) is 7.61. The SMILES string of the molecule is CC(C)(O)C1CCCN1C(=O)c1cc(-c2ccccc2)n[nH]1. The van der Waals surface area contributed by atoms with Gasteiger partial charge in [-0.15, -0.1) is 0 Å². The molecule has 0 spiro atoms. The Morgan fingerprint density at radius 3 is 2.77 bits per heavy atom. The molecule has 5 nitrogen and oxygen atoms in total. The van der Waals surface area contributed by atoms with Crippen molar-refractivity contribution in [3.63, 3.8) is 0 Å². The van der Waals surface area contributed by atoms with Crippen LogP contribution in [0, 0.1) is 0 Å². The maximum absolute atomic E-state index is 12.7. The van der Waals surface area contributed by atoms with E-state index in [1.54, 1.807) is 24.8 Å². The van der Waals surface area contributed by atoms with Crippen molar-refractivity contribution in [2.45, 2.75) is 38.3 Å². The minimum Gasteiger partial charge on any atom is -0.388 e. The second-order valence-corrected chi connectivity index (χ2v) is 6.34. The molecule has 0 bridgehead atoms. The fraction of sp³-hybridized carbons (Fsp3) is 0.412. The summed E-state index contributed by atoms with van der Waals surface area (Å²) in [7, 11) is 0. The van der Waals surface area contributed by atoms with E-state index in [0.29, 0.717) is 12.2 Å². The molecule has 0 radical (unpaired) electrons. The predicted octanol–water partition coefficient (Wildman–Crippen LogP) is 2.45. The van der Waals surface area contributed by atoms with Crippen LogP contribution in [0.2, 0.25) is 0 Å². The molecule has 1 aliphatic rings. The van der Waals surface area contributed by atoms with Crippen LogP contribution in [-0.4, -0.2) is 44.3 Å². The van der Waals surface area contributed by atoms with Gasteiger partial charge >= 0.3 is 0 Å². The van der Waals surface area contributed by atoms with Crippen molar-refractivity contribution in [1.29, 1.82) is 0 Å². The Kier molecular flexibility index (Phi) is 3.74. The average Bonchev–Trinajstić information content (AvgIpc) is 3.16. The third-order valence-corrected chi connectivity index (χ3v) is 4.21. The number of aromatic nitrogens is 2. The van der Waals surface area contributed by atoms with Gasteiger partial charge in [0.05, 0.1) is 17.3 Å². The van der Waals surface area contributed by atoms with Gasteiger partial charge in [-0.05, 0) is 32.8 Å². The third-order valence-electron chi connectivity index (χ3n) is 4.21. The van der Waals surface area contributed by atoms with E-state index in [9.17, 15) is 9.90 Å². The van der Waals surface area contributed by atoms with Crippen LogP contribution in [0.5, 0.6) is 0 Å². The number of carbonyl (C=O) groups excluding carboxylic acids is 1. The second-order valence-electron chi connectivity index (χ2n) is 6.34. The molecular weight excluding hydrogens is 278 g/mol. The minimum atomic E-state index is -0.894. The Hall–Kier alpha value is -2.14. The summed E-state index contributed by atoms with van der Waals surface area (Å²) >= 11 is 0. The Morgan fingerprint density at radius 1 is 1.36 bits per heavy atom. The standard InChI is InChI=1S/C17H21N3O2/c1-17(2,22)15-9-6-10-20(15)16(21)14-11-13(18-19-14)12-7-4-3-5-8-12/h3-5,7-8,11,15,22H,6,9-10H2,1-2H3,(H,18,19). The zero-order valence-electron chi connectivity index (χ0n) is 12.9. The van der Waals surface area contributed by atoms with Gasteiger partial charge in [0, 0.05) is 12.1 Å². The summed E-state index contributed by atoms with van der Waals surface area (Å²) in [5, 5.41) is 17.3. The topological polar surface area (TPSA) is 69.2 Å². The van der Waals surface area contributed by atoms with Gasteiger partial charge in [0.25, 0.3) is 5.91 Å². The number of H-pyrrole nitrogens is 1. The summed E-state index contributed by atoms with van der Waals surface area (Å²) in [6.07, 6.45) is 1.75. The van der Waals surface area contributed by atoms with Crippen LogP contribution in [0.25, 0.3) is 11.3 Å². The van der Waals surface area contributed by atoms with E-state index >= 15 is 0 Å². The van der Waals surface area contributed by atoms with Crippen molar-refractivity contribution in [3.05, 3.63) is 42.1 Å². The largest absolute Gasteiger partial charge is 0.388 e. The number of hydrogen-bond acceptors (Lipinski definition) is 3. The van der Waals surface area contributed by atoms with E-state index in [1.807, 2.05) is 30.3 Å². The zero-order valence-corrected chi connectivity index (χ0v) is 12.9. The number of likely N-dealkylation sites (tertiary alicyclic amines) is 1. The summed E-state index contributed by atoms with van der Waals surface area (Å²) in [6.45, 7) is 4.18. The Bertz CT molecular complexity index is 658. The van der Waals surface area contributed by atoms with Gasteiger partial charge in [0.15, 0.2) is 0 Å². The molecular formula is C17H21N3O2. The fourth-order valence-electron chi connectivity index (χ4n) is 3.09. The number of aliphatic hydroxyl groups is 1. The number of rotatable bonds is 3. The van der Waals surface area contributed by atoms with Gasteiger partial charge in [-0.1, -0.05) is 30.3 Å². The lowest BCUT2D eigenvalue weighted by Gasteiger charge is -2.33. The Morgan fingerprint density at radius 2 is 2.09 bits per heavy atom. The molecule has 0 aliphatic carbocycles. The fourth-order valence-corrected chi connectivity index (χ4v) is 3.09. The molecule has 1 atom stereocenters. The van der Waals surface area contributed by atoms with Crippen molar-refractivity contribution < 1.29 is 9.90 Å². The average molecular weight is 299 g/mol. The minimum absolute atomic E-state index is 0.0979. The summed E-state index contributed by atoms with van der Waals surface area (Å²) in [6, 6.07) is 11.4.